The zero-order valence-corrected chi connectivity index (χ0v) is 20.2. The van der Waals surface area contributed by atoms with E-state index in [1.165, 1.54) is 0 Å². The fraction of sp³-hybridized carbons (Fsp3) is 0. The van der Waals surface area contributed by atoms with Crippen LogP contribution in [0, 0.1) is 66.0 Å². The molecular formula is C31H36IrNO-. The van der Waals surface area contributed by atoms with Crippen molar-refractivity contribution in [2.75, 3.05) is 0 Å². The molecule has 0 N–H and O–H groups in total. The van der Waals surface area contributed by atoms with Crippen molar-refractivity contribution in [3.05, 3.63) is 85.1 Å². The van der Waals surface area contributed by atoms with Gasteiger partial charge in [-0.25, -0.2) is 0 Å². The van der Waals surface area contributed by atoms with Crippen molar-refractivity contribution in [1.82, 2.24) is 4.98 Å². The summed E-state index contributed by atoms with van der Waals surface area (Å²) in [4.78, 5) is 4.60. The fourth-order valence-corrected chi connectivity index (χ4v) is 3.16. The first-order valence-electron chi connectivity index (χ1n) is 9.94. The number of benzene rings is 3. The summed E-state index contributed by atoms with van der Waals surface area (Å²) in [6, 6.07) is 27.2. The van der Waals surface area contributed by atoms with Gasteiger partial charge in [0.1, 0.15) is 11.9 Å². The maximum atomic E-state index is 5.50. The Labute approximate surface area is 229 Å². The minimum atomic E-state index is 0. The molecule has 1 aromatic heterocycles. The Morgan fingerprint density at radius 2 is 1.56 bits per heavy atom. The molecular weight excluding hydrogens is 595 g/mol. The van der Waals surface area contributed by atoms with Crippen LogP contribution in [-0.4, -0.2) is 4.98 Å². The van der Waals surface area contributed by atoms with Gasteiger partial charge < -0.3 is 9.72 Å². The fourth-order valence-electron chi connectivity index (χ4n) is 3.16. The quantitative estimate of drug-likeness (QED) is 0.169. The van der Waals surface area contributed by atoms with Crippen LogP contribution in [0.5, 0.6) is 5.75 Å². The SMILES string of the molecule is C#CC#CC#CC#CC#COc1cccc(-c2cc[c-]c(-c3nccc4ccccc34)c2)c1.[HH].[HH].[HH].[HH].[HH].[HH].[HH].[HH].[HH].[HH].[HH].[Ir]. The number of rotatable bonds is 3. The molecule has 4 aromatic rings. The third-order valence-corrected chi connectivity index (χ3v) is 4.56. The Morgan fingerprint density at radius 3 is 2.41 bits per heavy atom. The summed E-state index contributed by atoms with van der Waals surface area (Å²) in [7, 11) is 0. The smallest absolute Gasteiger partial charge is 0.140 e. The van der Waals surface area contributed by atoms with E-state index in [2.05, 4.69) is 82.7 Å². The average Bonchev–Trinajstić information content (AvgIpc) is 2.87. The second-order valence-electron chi connectivity index (χ2n) is 6.62. The third-order valence-electron chi connectivity index (χ3n) is 4.56. The molecule has 0 aliphatic heterocycles. The monoisotopic (exact) mass is 631 g/mol. The Hall–Kier alpha value is -4.68. The van der Waals surface area contributed by atoms with Gasteiger partial charge in [0.2, 0.25) is 0 Å². The number of nitrogens with zero attached hydrogens (tertiary/aromatic N) is 1. The van der Waals surface area contributed by atoms with Crippen molar-refractivity contribution in [1.29, 1.82) is 0 Å². The van der Waals surface area contributed by atoms with Gasteiger partial charge in [0, 0.05) is 65.7 Å². The number of ether oxygens (including phenoxy) is 1. The Kier molecular flexibility index (Phi) is 8.73. The van der Waals surface area contributed by atoms with E-state index in [9.17, 15) is 0 Å². The number of fused-ring (bicyclic) bond motifs is 1. The van der Waals surface area contributed by atoms with Crippen LogP contribution in [0.4, 0.5) is 0 Å². The summed E-state index contributed by atoms with van der Waals surface area (Å²) in [6.07, 6.45) is 9.38. The molecule has 1 radical (unpaired) electrons. The first kappa shape index (κ1) is 24.0. The molecule has 0 bridgehead atoms. The van der Waals surface area contributed by atoms with Gasteiger partial charge in [0.25, 0.3) is 0 Å². The van der Waals surface area contributed by atoms with E-state index in [4.69, 9.17) is 11.2 Å². The van der Waals surface area contributed by atoms with Gasteiger partial charge >= 0.3 is 0 Å². The predicted octanol–water partition coefficient (Wildman–Crippen LogP) is 8.06. The number of pyridine rings is 1. The minimum Gasteiger partial charge on any atom is -0.407 e. The summed E-state index contributed by atoms with van der Waals surface area (Å²) in [5.41, 5.74) is 3.85. The molecule has 4 rings (SSSR count). The second kappa shape index (κ2) is 12.4. The van der Waals surface area contributed by atoms with Gasteiger partial charge in [-0.3, -0.25) is 0 Å². The van der Waals surface area contributed by atoms with E-state index in [1.54, 1.807) is 0 Å². The average molecular weight is 631 g/mol. The maximum Gasteiger partial charge on any atom is 0.140 e. The summed E-state index contributed by atoms with van der Waals surface area (Å²) in [6.45, 7) is 0. The van der Waals surface area contributed by atoms with Gasteiger partial charge in [-0.1, -0.05) is 36.4 Å². The van der Waals surface area contributed by atoms with E-state index in [0.29, 0.717) is 5.75 Å². The molecule has 34 heavy (non-hydrogen) atoms. The number of aromatic nitrogens is 1. The molecule has 3 aromatic carbocycles. The summed E-state index contributed by atoms with van der Waals surface area (Å²) in [5, 5.41) is 2.24. The van der Waals surface area contributed by atoms with Gasteiger partial charge in [0.05, 0.1) is 0 Å². The minimum absolute atomic E-state index is 0. The van der Waals surface area contributed by atoms with Crippen molar-refractivity contribution in [3.63, 3.8) is 0 Å². The van der Waals surface area contributed by atoms with E-state index in [0.717, 1.165) is 33.2 Å². The molecule has 1 heterocycles. The van der Waals surface area contributed by atoms with Crippen LogP contribution in [0.15, 0.2) is 79.0 Å². The summed E-state index contributed by atoms with van der Waals surface area (Å²) < 4.78 is 5.50. The molecule has 0 unspecified atom stereocenters. The van der Waals surface area contributed by atoms with Crippen LogP contribution in [0.3, 0.4) is 0 Å². The van der Waals surface area contributed by atoms with Crippen LogP contribution in [0.25, 0.3) is 33.2 Å². The van der Waals surface area contributed by atoms with Gasteiger partial charge in [-0.2, -0.15) is 0 Å². The molecule has 0 spiro atoms. The van der Waals surface area contributed by atoms with Crippen LogP contribution in [0.1, 0.15) is 15.7 Å². The van der Waals surface area contributed by atoms with Gasteiger partial charge in [-0.05, 0) is 63.9 Å². The Bertz CT molecular complexity index is 1660. The number of hydrogen-bond donors (Lipinski definition) is 0. The van der Waals surface area contributed by atoms with Gasteiger partial charge in [0.15, 0.2) is 0 Å². The largest absolute Gasteiger partial charge is 0.407 e. The van der Waals surface area contributed by atoms with Crippen LogP contribution < -0.4 is 4.74 Å². The number of terminal acetylenes is 1. The van der Waals surface area contributed by atoms with Crippen molar-refractivity contribution < 1.29 is 40.5 Å². The first-order chi connectivity index (χ1) is 16.3. The molecule has 0 aliphatic carbocycles. The van der Waals surface area contributed by atoms with Crippen LogP contribution >= 0.6 is 0 Å². The predicted molar refractivity (Wildman–Crippen MR) is 155 cm³/mol. The zero-order chi connectivity index (χ0) is 22.7. The molecule has 0 amide bonds. The van der Waals surface area contributed by atoms with Crippen LogP contribution in [0.2, 0.25) is 0 Å². The van der Waals surface area contributed by atoms with E-state index in [1.807, 2.05) is 60.8 Å². The first-order valence-corrected chi connectivity index (χ1v) is 9.94. The molecule has 181 valence electrons. The molecule has 0 atom stereocenters. The molecule has 0 aliphatic rings. The molecule has 0 saturated carbocycles. The van der Waals surface area contributed by atoms with Crippen molar-refractivity contribution in [2.45, 2.75) is 0 Å². The van der Waals surface area contributed by atoms with Crippen molar-refractivity contribution in [3.8, 4) is 88.0 Å². The van der Waals surface area contributed by atoms with Crippen LogP contribution in [-0.2, 0) is 20.1 Å². The van der Waals surface area contributed by atoms with E-state index in [-0.39, 0.29) is 35.8 Å². The number of hydrogen-bond acceptors (Lipinski definition) is 2. The maximum absolute atomic E-state index is 5.50. The normalized spacial score (nSPS) is 8.56. The van der Waals surface area contributed by atoms with E-state index >= 15 is 0 Å². The summed E-state index contributed by atoms with van der Waals surface area (Å²) >= 11 is 0. The summed E-state index contributed by atoms with van der Waals surface area (Å²) in [5.74, 6) is 20.4. The van der Waals surface area contributed by atoms with Crippen molar-refractivity contribution in [2.24, 2.45) is 0 Å². The Morgan fingerprint density at radius 1 is 0.794 bits per heavy atom. The van der Waals surface area contributed by atoms with E-state index < -0.39 is 0 Å². The van der Waals surface area contributed by atoms with Crippen molar-refractivity contribution >= 4 is 10.8 Å². The molecule has 2 nitrogen and oxygen atoms in total. The van der Waals surface area contributed by atoms with Gasteiger partial charge in [-0.15, -0.1) is 41.8 Å². The Balaban J connectivity index is -0.000000154. The molecule has 0 fully saturated rings. The zero-order valence-electron chi connectivity index (χ0n) is 17.8. The second-order valence-corrected chi connectivity index (χ2v) is 6.62. The topological polar surface area (TPSA) is 22.1 Å². The third kappa shape index (κ3) is 6.18. The standard InChI is InChI=1S/C31H14NO.Ir.11H2/c1-2-3-4-5-6-7-8-11-22-33-29-18-13-16-27(24-29)26-15-12-17-28(23-26)31-30-19-10-9-14-25(30)20-21-32-31;;;;;;;;;;;;/h1,9-10,12-16,18-21,23-24H;;11*1H/q-1;;;;;;;;;;;;. The molecule has 3 heteroatoms. The molecule has 0 saturated heterocycles.